The van der Waals surface area contributed by atoms with Gasteiger partial charge in [0.05, 0.1) is 31.3 Å². The van der Waals surface area contributed by atoms with Gasteiger partial charge >= 0.3 is 0 Å². The van der Waals surface area contributed by atoms with E-state index in [0.717, 1.165) is 74.2 Å². The smallest absolute Gasteiger partial charge is 0.255 e. The Morgan fingerprint density at radius 1 is 0.913 bits per heavy atom. The third-order valence-corrected chi connectivity index (χ3v) is 12.0. The Balaban J connectivity index is 0.000000290. The number of hydrogen-bond acceptors (Lipinski definition) is 12. The Bertz CT molecular complexity index is 2350. The maximum atomic E-state index is 12.9. The van der Waals surface area contributed by atoms with Crippen LogP contribution in [0.5, 0.6) is 11.5 Å². The third kappa shape index (κ3) is 15.8. The molecule has 3 aliphatic rings. The maximum Gasteiger partial charge on any atom is 0.255 e. The van der Waals surface area contributed by atoms with E-state index in [2.05, 4.69) is 50.3 Å². The van der Waals surface area contributed by atoms with Gasteiger partial charge in [-0.3, -0.25) is 34.9 Å². The first-order valence-corrected chi connectivity index (χ1v) is 23.4. The molecule has 2 atom stereocenters. The summed E-state index contributed by atoms with van der Waals surface area (Å²) in [5.41, 5.74) is 11.2. The second-order valence-electron chi connectivity index (χ2n) is 17.0. The minimum atomic E-state index is -0.651. The standard InChI is InChI=1S/C32H41N3O8.C19H24N6.ClH/c1-23(33-22-36)24-8-5-9-25(20-24)42-17-4-2-3-14-40-15-7-16-41-18-19-43-29-11-6-10-26-27(29)21-35(32(26)39)28-12-13-30(37)34-31(28)38;1-14-3-2-4-16(13-14)25-19(7-11-23-12-8-19)18(21)24-17(20)15-5-9-22-10-6-15;/h5-6,8-11,20,22-23,28H,2-4,7,12-19,21H2,1H3,(H,33,36)(H,34,37,38);2-6,9-10,13,23,25H,7-8,11-12H2,1H3,(H3,20,21,24);1H. The van der Waals surface area contributed by atoms with Gasteiger partial charge < -0.3 is 45.5 Å². The molecule has 3 aliphatic heterocycles. The Morgan fingerprint density at radius 2 is 1.64 bits per heavy atom. The van der Waals surface area contributed by atoms with E-state index in [4.69, 9.17) is 30.1 Å². The number of amidine groups is 2. The van der Waals surface area contributed by atoms with Crippen molar-refractivity contribution in [2.75, 3.05) is 58.0 Å². The molecule has 0 saturated carbocycles. The molecule has 69 heavy (non-hydrogen) atoms. The van der Waals surface area contributed by atoms with E-state index < -0.39 is 17.5 Å². The van der Waals surface area contributed by atoms with Crippen LogP contribution in [0.1, 0.15) is 96.9 Å². The van der Waals surface area contributed by atoms with Crippen molar-refractivity contribution < 1.29 is 38.1 Å². The highest BCUT2D eigenvalue weighted by molar-refractivity contribution is 6.08. The van der Waals surface area contributed by atoms with E-state index in [1.165, 1.54) is 10.5 Å². The number of amides is 4. The molecule has 1 aromatic heterocycles. The zero-order valence-electron chi connectivity index (χ0n) is 39.5. The molecule has 2 saturated heterocycles. The predicted octanol–water partition coefficient (Wildman–Crippen LogP) is 6.03. The van der Waals surface area contributed by atoms with Gasteiger partial charge in [-0.05, 0) is 132 Å². The summed E-state index contributed by atoms with van der Waals surface area (Å²) in [7, 11) is 0. The molecular formula is C51H66ClN9O8. The third-order valence-electron chi connectivity index (χ3n) is 12.0. The topological polar surface area (TPSA) is 232 Å². The van der Waals surface area contributed by atoms with Crippen LogP contribution in [-0.2, 0) is 30.4 Å². The van der Waals surface area contributed by atoms with Gasteiger partial charge in [-0.1, -0.05) is 30.3 Å². The van der Waals surface area contributed by atoms with Crippen molar-refractivity contribution in [3.05, 3.63) is 119 Å². The van der Waals surface area contributed by atoms with Crippen molar-refractivity contribution in [3.8, 4) is 11.5 Å². The predicted molar refractivity (Wildman–Crippen MR) is 267 cm³/mol. The normalized spacial score (nSPS) is 16.7. The summed E-state index contributed by atoms with van der Waals surface area (Å²) in [6.45, 7) is 9.25. The number of halogens is 1. The number of hydrogen-bond donors (Lipinski definition) is 6. The number of pyridine rings is 1. The molecule has 2 fully saturated rings. The largest absolute Gasteiger partial charge is 0.494 e. The molecule has 18 heteroatoms. The van der Waals surface area contributed by atoms with E-state index in [-0.39, 0.29) is 49.1 Å². The molecule has 4 heterocycles. The molecule has 3 aromatic carbocycles. The number of nitrogens with zero attached hydrogens (tertiary/aromatic N) is 3. The van der Waals surface area contributed by atoms with Gasteiger partial charge in [0.25, 0.3) is 5.91 Å². The van der Waals surface area contributed by atoms with Gasteiger partial charge in [0.1, 0.15) is 30.0 Å². The highest BCUT2D eigenvalue weighted by Gasteiger charge is 2.40. The summed E-state index contributed by atoms with van der Waals surface area (Å²) >= 11 is 0. The average molecular weight is 969 g/mol. The maximum absolute atomic E-state index is 12.9. The molecule has 0 bridgehead atoms. The number of fused-ring (bicyclic) bond motifs is 1. The van der Waals surface area contributed by atoms with E-state index in [1.807, 2.05) is 49.4 Å². The fourth-order valence-electron chi connectivity index (χ4n) is 8.21. The number of carbonyl (C=O) groups excluding carboxylic acids is 4. The van der Waals surface area contributed by atoms with Gasteiger partial charge in [0.15, 0.2) is 5.84 Å². The summed E-state index contributed by atoms with van der Waals surface area (Å²) in [6, 6.07) is 24.1. The number of piperidine rings is 2. The lowest BCUT2D eigenvalue weighted by atomic mass is 9.86. The summed E-state index contributed by atoms with van der Waals surface area (Å²) in [6.07, 6.45) is 9.89. The SMILES string of the molecule is CC(NC=O)c1cccc(OCCCCCOCCCOCCOc2cccc3c2CN(C2CCC(=O)NC2=O)C3=O)c1.Cc1cccc(NC2(C(N)=NC(=N)c3ccncc3)CCNCC2)c1.Cl. The lowest BCUT2D eigenvalue weighted by Gasteiger charge is -2.38. The van der Waals surface area contributed by atoms with Crippen molar-refractivity contribution in [1.29, 1.82) is 5.41 Å². The second-order valence-corrected chi connectivity index (χ2v) is 17.0. The number of aliphatic imine (C=N–C) groups is 1. The highest BCUT2D eigenvalue weighted by Crippen LogP contribution is 2.34. The first-order chi connectivity index (χ1) is 33.1. The van der Waals surface area contributed by atoms with E-state index in [1.54, 1.807) is 36.7 Å². The van der Waals surface area contributed by atoms with Gasteiger partial charge in [-0.15, -0.1) is 12.4 Å². The molecule has 2 unspecified atom stereocenters. The summed E-state index contributed by atoms with van der Waals surface area (Å²) in [5.74, 6) is 1.06. The quantitative estimate of drug-likeness (QED) is 0.0164. The van der Waals surface area contributed by atoms with Crippen molar-refractivity contribution in [1.82, 2.24) is 25.8 Å². The van der Waals surface area contributed by atoms with Gasteiger partial charge in [0.2, 0.25) is 18.2 Å². The van der Waals surface area contributed by atoms with E-state index >= 15 is 0 Å². The van der Waals surface area contributed by atoms with Crippen LogP contribution >= 0.6 is 12.4 Å². The first kappa shape index (κ1) is 53.6. The van der Waals surface area contributed by atoms with Crippen LogP contribution in [0, 0.1) is 12.3 Å². The lowest BCUT2D eigenvalue weighted by molar-refractivity contribution is -0.137. The van der Waals surface area contributed by atoms with Crippen LogP contribution in [0.3, 0.4) is 0 Å². The number of benzene rings is 3. The average Bonchev–Trinajstić information content (AvgIpc) is 3.68. The number of aryl methyl sites for hydroxylation is 1. The summed E-state index contributed by atoms with van der Waals surface area (Å²) < 4.78 is 23.1. The molecule has 0 spiro atoms. The second kappa shape index (κ2) is 27.6. The number of aromatic nitrogens is 1. The number of rotatable bonds is 23. The van der Waals surface area contributed by atoms with Gasteiger partial charge in [-0.25, -0.2) is 4.99 Å². The lowest BCUT2D eigenvalue weighted by Crippen LogP contribution is -2.56. The van der Waals surface area contributed by atoms with E-state index in [0.29, 0.717) is 75.2 Å². The van der Waals surface area contributed by atoms with Crippen LogP contribution in [0.15, 0.2) is 96.2 Å². The molecular weight excluding hydrogens is 902 g/mol. The highest BCUT2D eigenvalue weighted by atomic mass is 35.5. The van der Waals surface area contributed by atoms with Gasteiger partial charge in [0, 0.05) is 61.0 Å². The Labute approximate surface area is 410 Å². The number of nitrogens with one attached hydrogen (secondary N) is 5. The molecule has 4 aromatic rings. The summed E-state index contributed by atoms with van der Waals surface area (Å²) in [4.78, 5) is 57.2. The number of carbonyl (C=O) groups is 4. The number of unbranched alkanes of at least 4 members (excludes halogenated alkanes) is 2. The van der Waals surface area contributed by atoms with E-state index in [9.17, 15) is 19.2 Å². The molecule has 0 radical (unpaired) electrons. The first-order valence-electron chi connectivity index (χ1n) is 23.4. The Morgan fingerprint density at radius 3 is 2.39 bits per heavy atom. The zero-order chi connectivity index (χ0) is 48.1. The Hall–Kier alpha value is -6.40. The zero-order valence-corrected chi connectivity index (χ0v) is 40.3. The number of nitrogens with two attached hydrogens (primary N) is 1. The van der Waals surface area contributed by atoms with Crippen LogP contribution in [0.4, 0.5) is 5.69 Å². The molecule has 17 nitrogen and oxygen atoms in total. The number of ether oxygens (including phenoxy) is 4. The molecule has 0 aliphatic carbocycles. The number of anilines is 1. The monoisotopic (exact) mass is 967 g/mol. The molecule has 7 N–H and O–H groups in total. The minimum absolute atomic E-state index is 0. The van der Waals surface area contributed by atoms with Crippen LogP contribution in [0.25, 0.3) is 0 Å². The van der Waals surface area contributed by atoms with Crippen LogP contribution in [0.2, 0.25) is 0 Å². The van der Waals surface area contributed by atoms with Gasteiger partial charge in [-0.2, -0.15) is 0 Å². The molecule has 7 rings (SSSR count). The fourth-order valence-corrected chi connectivity index (χ4v) is 8.21. The molecule has 4 amide bonds. The summed E-state index contributed by atoms with van der Waals surface area (Å²) in [5, 5.41) is 20.3. The van der Waals surface area contributed by atoms with Crippen LogP contribution in [-0.4, -0.2) is 110 Å². The minimum Gasteiger partial charge on any atom is -0.494 e. The Kier molecular flexibility index (Phi) is 21.4. The van der Waals surface area contributed by atoms with Crippen LogP contribution < -0.4 is 36.5 Å². The number of imide groups is 1. The van der Waals surface area contributed by atoms with Crippen molar-refractivity contribution >= 4 is 53.9 Å². The molecule has 370 valence electrons. The van der Waals surface area contributed by atoms with Crippen molar-refractivity contribution in [3.63, 3.8) is 0 Å². The van der Waals surface area contributed by atoms with Crippen molar-refractivity contribution in [2.45, 2.75) is 89.4 Å². The van der Waals surface area contributed by atoms with Crippen molar-refractivity contribution in [2.24, 2.45) is 10.7 Å². The fraction of sp³-hybridized carbons (Fsp3) is 0.431.